The summed E-state index contributed by atoms with van der Waals surface area (Å²) < 4.78 is 16.9. The third-order valence-corrected chi connectivity index (χ3v) is 14.5. The monoisotopic (exact) mass is 1110 g/mol. The minimum atomic E-state index is -0.795. The summed E-state index contributed by atoms with van der Waals surface area (Å²) >= 11 is 0. The zero-order valence-corrected chi connectivity index (χ0v) is 52.6. The molecular formula is C74H126O6. The Morgan fingerprint density at radius 2 is 0.487 bits per heavy atom. The largest absolute Gasteiger partial charge is 0.462 e. The number of hydrogen-bond donors (Lipinski definition) is 0. The fraction of sp³-hybridized carbons (Fsp3) is 0.716. The van der Waals surface area contributed by atoms with Gasteiger partial charge in [0.2, 0.25) is 0 Å². The van der Waals surface area contributed by atoms with Gasteiger partial charge in [-0.3, -0.25) is 14.4 Å². The van der Waals surface area contributed by atoms with Gasteiger partial charge in [-0.05, 0) is 103 Å². The van der Waals surface area contributed by atoms with Crippen LogP contribution in [-0.4, -0.2) is 37.2 Å². The Morgan fingerprint density at radius 3 is 0.775 bits per heavy atom. The number of allylic oxidation sites excluding steroid dienone is 18. The minimum absolute atomic E-state index is 0.0905. The smallest absolute Gasteiger partial charge is 0.306 e. The molecule has 0 saturated carbocycles. The maximum Gasteiger partial charge on any atom is 0.306 e. The van der Waals surface area contributed by atoms with Gasteiger partial charge in [0.25, 0.3) is 0 Å². The van der Waals surface area contributed by atoms with Gasteiger partial charge in [0.1, 0.15) is 13.2 Å². The number of ether oxygens (including phenoxy) is 3. The highest BCUT2D eigenvalue weighted by atomic mass is 16.6. The molecule has 0 aliphatic heterocycles. The summed E-state index contributed by atoms with van der Waals surface area (Å²) in [5, 5.41) is 0. The molecule has 0 heterocycles. The predicted octanol–water partition coefficient (Wildman–Crippen LogP) is 23.4. The van der Waals surface area contributed by atoms with Crippen LogP contribution in [-0.2, 0) is 28.6 Å². The second kappa shape index (κ2) is 67.6. The lowest BCUT2D eigenvalue weighted by Gasteiger charge is -2.18. The molecule has 6 heteroatoms. The van der Waals surface area contributed by atoms with Crippen molar-refractivity contribution in [1.82, 2.24) is 0 Å². The van der Waals surface area contributed by atoms with Gasteiger partial charge in [0.15, 0.2) is 6.10 Å². The van der Waals surface area contributed by atoms with Crippen LogP contribution in [0.15, 0.2) is 109 Å². The van der Waals surface area contributed by atoms with E-state index in [1.165, 1.54) is 154 Å². The van der Waals surface area contributed by atoms with Crippen LogP contribution in [0.5, 0.6) is 0 Å². The van der Waals surface area contributed by atoms with Gasteiger partial charge < -0.3 is 14.2 Å². The van der Waals surface area contributed by atoms with Crippen LogP contribution in [0.3, 0.4) is 0 Å². The quantitative estimate of drug-likeness (QED) is 0.0261. The first-order chi connectivity index (χ1) is 39.5. The molecule has 458 valence electrons. The Hall–Kier alpha value is -3.93. The molecular weight excluding hydrogens is 985 g/mol. The summed E-state index contributed by atoms with van der Waals surface area (Å²) in [4.78, 5) is 38.4. The highest BCUT2D eigenvalue weighted by Gasteiger charge is 2.19. The van der Waals surface area contributed by atoms with Crippen molar-refractivity contribution in [3.8, 4) is 0 Å². The number of carbonyl (C=O) groups is 3. The Balaban J connectivity index is 4.33. The van der Waals surface area contributed by atoms with Crippen LogP contribution < -0.4 is 0 Å². The molecule has 0 saturated heterocycles. The number of unbranched alkanes of at least 4 members (excludes halogenated alkanes) is 32. The first-order valence-corrected chi connectivity index (χ1v) is 33.9. The van der Waals surface area contributed by atoms with Crippen LogP contribution in [0.2, 0.25) is 0 Å². The molecule has 0 aliphatic rings. The Bertz CT molecular complexity index is 1610. The highest BCUT2D eigenvalue weighted by molar-refractivity contribution is 5.71. The average Bonchev–Trinajstić information content (AvgIpc) is 3.46. The van der Waals surface area contributed by atoms with Crippen molar-refractivity contribution < 1.29 is 28.6 Å². The van der Waals surface area contributed by atoms with Gasteiger partial charge in [-0.15, -0.1) is 0 Å². The molecule has 0 aromatic carbocycles. The summed E-state index contributed by atoms with van der Waals surface area (Å²) in [5.74, 6) is -0.916. The molecule has 0 spiro atoms. The molecule has 0 bridgehead atoms. The highest BCUT2D eigenvalue weighted by Crippen LogP contribution is 2.17. The second-order valence-corrected chi connectivity index (χ2v) is 22.3. The maximum atomic E-state index is 12.9. The molecule has 0 radical (unpaired) electrons. The normalized spacial score (nSPS) is 12.8. The SMILES string of the molecule is CC/C=C\C/C=C\C/C=C\C/C=C\C/C=C\C/C=C\CCCCCCCCCCC(=O)OCC(COC(=O)CCCCC/C=C\C/C=C\C/C=C\CC)OC(=O)CCCCCCCCCCCCCCCCCCCCCCCC. The van der Waals surface area contributed by atoms with Crippen LogP contribution in [0.1, 0.15) is 323 Å². The van der Waals surface area contributed by atoms with Crippen molar-refractivity contribution >= 4 is 17.9 Å². The van der Waals surface area contributed by atoms with Crippen LogP contribution in [0, 0.1) is 0 Å². The van der Waals surface area contributed by atoms with E-state index in [-0.39, 0.29) is 31.1 Å². The molecule has 0 rings (SSSR count). The molecule has 0 aromatic rings. The molecule has 1 atom stereocenters. The van der Waals surface area contributed by atoms with E-state index in [9.17, 15) is 14.4 Å². The molecule has 0 amide bonds. The van der Waals surface area contributed by atoms with E-state index in [2.05, 4.69) is 130 Å². The van der Waals surface area contributed by atoms with E-state index in [4.69, 9.17) is 14.2 Å². The van der Waals surface area contributed by atoms with Gasteiger partial charge in [-0.1, -0.05) is 310 Å². The first-order valence-electron chi connectivity index (χ1n) is 33.9. The third kappa shape index (κ3) is 64.9. The van der Waals surface area contributed by atoms with E-state index in [1.54, 1.807) is 0 Å². The second-order valence-electron chi connectivity index (χ2n) is 22.3. The van der Waals surface area contributed by atoms with Crippen LogP contribution in [0.4, 0.5) is 0 Å². The zero-order chi connectivity index (χ0) is 57.8. The van der Waals surface area contributed by atoms with Gasteiger partial charge in [0, 0.05) is 19.3 Å². The van der Waals surface area contributed by atoms with Crippen LogP contribution in [0.25, 0.3) is 0 Å². The van der Waals surface area contributed by atoms with Crippen molar-refractivity contribution in [2.45, 2.75) is 329 Å². The number of esters is 3. The molecule has 1 unspecified atom stereocenters. The number of carbonyl (C=O) groups excluding carboxylic acids is 3. The van der Waals surface area contributed by atoms with E-state index >= 15 is 0 Å². The lowest BCUT2D eigenvalue weighted by Crippen LogP contribution is -2.30. The van der Waals surface area contributed by atoms with Crippen molar-refractivity contribution in [2.24, 2.45) is 0 Å². The van der Waals surface area contributed by atoms with Crippen molar-refractivity contribution in [2.75, 3.05) is 13.2 Å². The predicted molar refractivity (Wildman–Crippen MR) is 348 cm³/mol. The summed E-state index contributed by atoms with van der Waals surface area (Å²) in [6, 6.07) is 0. The molecule has 0 aromatic heterocycles. The van der Waals surface area contributed by atoms with E-state index in [0.29, 0.717) is 19.3 Å². The fourth-order valence-corrected chi connectivity index (χ4v) is 9.52. The fourth-order valence-electron chi connectivity index (χ4n) is 9.52. The standard InChI is InChI=1S/C74H126O6/c1-4-7-10-13-16-19-22-25-27-29-31-33-35-36-37-38-39-41-42-44-46-49-52-55-58-61-64-67-73(76)79-70-71(69-78-72(75)66-63-60-57-54-51-48-24-21-18-15-12-9-6-3)80-74(77)68-65-62-59-56-53-50-47-45-43-40-34-32-30-28-26-23-20-17-14-11-8-5-2/h7,9-10,12,16,18-19,21,25,27,31,33,36-37,39,41,48,51,71H,4-6,8,11,13-15,17,20,22-24,26,28-30,32,34-35,38,40,42-47,49-50,52-70H2,1-3H3/b10-7-,12-9-,19-16-,21-18-,27-25-,33-31-,37-36-,41-39-,51-48-. The molecule has 0 N–H and O–H groups in total. The van der Waals surface area contributed by atoms with Gasteiger partial charge in [0.05, 0.1) is 0 Å². The lowest BCUT2D eigenvalue weighted by atomic mass is 10.0. The summed E-state index contributed by atoms with van der Waals surface area (Å²) in [7, 11) is 0. The molecule has 0 aliphatic carbocycles. The number of rotatable bonds is 61. The average molecular weight is 1110 g/mol. The summed E-state index contributed by atoms with van der Waals surface area (Å²) in [6.07, 6.45) is 92.5. The topological polar surface area (TPSA) is 78.9 Å². The summed E-state index contributed by atoms with van der Waals surface area (Å²) in [5.41, 5.74) is 0. The molecule has 0 fully saturated rings. The van der Waals surface area contributed by atoms with Crippen molar-refractivity contribution in [3.05, 3.63) is 109 Å². The molecule has 80 heavy (non-hydrogen) atoms. The first kappa shape index (κ1) is 76.1. The zero-order valence-electron chi connectivity index (χ0n) is 52.6. The Morgan fingerprint density at radius 1 is 0.263 bits per heavy atom. The van der Waals surface area contributed by atoms with E-state index < -0.39 is 6.10 Å². The van der Waals surface area contributed by atoms with Gasteiger partial charge >= 0.3 is 17.9 Å². The number of hydrogen-bond acceptors (Lipinski definition) is 6. The van der Waals surface area contributed by atoms with Gasteiger partial charge in [-0.2, -0.15) is 0 Å². The summed E-state index contributed by atoms with van der Waals surface area (Å²) in [6.45, 7) is 6.42. The van der Waals surface area contributed by atoms with Crippen LogP contribution >= 0.6 is 0 Å². The maximum absolute atomic E-state index is 12.9. The van der Waals surface area contributed by atoms with E-state index in [0.717, 1.165) is 128 Å². The van der Waals surface area contributed by atoms with Crippen molar-refractivity contribution in [3.63, 3.8) is 0 Å². The van der Waals surface area contributed by atoms with Crippen molar-refractivity contribution in [1.29, 1.82) is 0 Å². The third-order valence-electron chi connectivity index (χ3n) is 14.5. The van der Waals surface area contributed by atoms with E-state index in [1.807, 2.05) is 0 Å². The molecule has 6 nitrogen and oxygen atoms in total. The minimum Gasteiger partial charge on any atom is -0.462 e. The van der Waals surface area contributed by atoms with Gasteiger partial charge in [-0.25, -0.2) is 0 Å². The Labute approximate surface area is 495 Å². The lowest BCUT2D eigenvalue weighted by molar-refractivity contribution is -0.167. The Kier molecular flexibility index (Phi) is 64.3.